The van der Waals surface area contributed by atoms with Gasteiger partial charge in [-0.2, -0.15) is 0 Å². The number of aryl methyl sites for hydroxylation is 1. The SMILES string of the molecule is CC.Cn1cncc1C(O)C1=C/C(=C/C=C\N)CC(N2CCN(C(=O)OC(C)(C)C)CC2)c2ccc(Cl)cc21. The molecule has 1 aromatic carbocycles. The minimum atomic E-state index is -0.891. The third-order valence-electron chi connectivity index (χ3n) is 6.71. The first-order valence-corrected chi connectivity index (χ1v) is 13.9. The number of amides is 1. The van der Waals surface area contributed by atoms with E-state index in [9.17, 15) is 9.90 Å². The van der Waals surface area contributed by atoms with Crippen molar-refractivity contribution < 1.29 is 14.6 Å². The molecule has 0 bridgehead atoms. The van der Waals surface area contributed by atoms with Crippen LogP contribution in [0.5, 0.6) is 0 Å². The molecule has 1 amide bonds. The van der Waals surface area contributed by atoms with Gasteiger partial charge >= 0.3 is 6.09 Å². The van der Waals surface area contributed by atoms with Crippen LogP contribution in [0.4, 0.5) is 4.79 Å². The Labute approximate surface area is 237 Å². The maximum absolute atomic E-state index is 12.6. The quantitative estimate of drug-likeness (QED) is 0.509. The number of ether oxygens (including phenoxy) is 1. The molecule has 0 spiro atoms. The molecule has 2 unspecified atom stereocenters. The molecule has 8 nitrogen and oxygen atoms in total. The topological polar surface area (TPSA) is 96.8 Å². The second-order valence-electron chi connectivity index (χ2n) is 10.5. The third kappa shape index (κ3) is 7.53. The van der Waals surface area contributed by atoms with E-state index in [4.69, 9.17) is 22.1 Å². The zero-order chi connectivity index (χ0) is 28.7. The Hall–Kier alpha value is -3.07. The van der Waals surface area contributed by atoms with Crippen LogP contribution in [0.2, 0.25) is 5.02 Å². The van der Waals surface area contributed by atoms with Crippen LogP contribution in [0.25, 0.3) is 5.57 Å². The fraction of sp³-hybridized carbons (Fsp3) is 0.467. The van der Waals surface area contributed by atoms with Crippen LogP contribution in [-0.4, -0.2) is 62.3 Å². The summed E-state index contributed by atoms with van der Waals surface area (Å²) in [6.07, 6.45) is 10.2. The molecule has 2 heterocycles. The Kier molecular flexibility index (Phi) is 10.4. The van der Waals surface area contributed by atoms with Crippen molar-refractivity contribution in [1.82, 2.24) is 19.4 Å². The number of halogens is 1. The van der Waals surface area contributed by atoms with Crippen LogP contribution >= 0.6 is 11.6 Å². The molecule has 2 atom stereocenters. The first-order valence-electron chi connectivity index (χ1n) is 13.5. The summed E-state index contributed by atoms with van der Waals surface area (Å²) in [5.41, 5.74) is 9.60. The van der Waals surface area contributed by atoms with E-state index >= 15 is 0 Å². The molecule has 1 aromatic heterocycles. The van der Waals surface area contributed by atoms with Gasteiger partial charge in [0.1, 0.15) is 11.7 Å². The fourth-order valence-corrected chi connectivity index (χ4v) is 5.09. The van der Waals surface area contributed by atoms with Gasteiger partial charge in [-0.3, -0.25) is 4.90 Å². The number of carbonyl (C=O) groups excluding carboxylic acids is 1. The smallest absolute Gasteiger partial charge is 0.410 e. The lowest BCUT2D eigenvalue weighted by Gasteiger charge is -2.40. The minimum absolute atomic E-state index is 0.0259. The van der Waals surface area contributed by atoms with Crippen molar-refractivity contribution in [2.45, 2.75) is 58.8 Å². The van der Waals surface area contributed by atoms with Crippen LogP contribution in [0.1, 0.15) is 70.0 Å². The Bertz CT molecular complexity index is 1220. The lowest BCUT2D eigenvalue weighted by molar-refractivity contribution is 0.0102. The summed E-state index contributed by atoms with van der Waals surface area (Å²) in [6, 6.07) is 5.90. The number of benzene rings is 1. The number of aliphatic hydroxyl groups is 1. The summed E-state index contributed by atoms with van der Waals surface area (Å²) in [5, 5.41) is 12.1. The lowest BCUT2D eigenvalue weighted by Crippen LogP contribution is -2.50. The van der Waals surface area contributed by atoms with E-state index < -0.39 is 11.7 Å². The highest BCUT2D eigenvalue weighted by Crippen LogP contribution is 2.43. The van der Waals surface area contributed by atoms with Crippen molar-refractivity contribution in [2.24, 2.45) is 12.8 Å². The van der Waals surface area contributed by atoms with Crippen LogP contribution in [0, 0.1) is 0 Å². The number of carbonyl (C=O) groups is 1. The van der Waals surface area contributed by atoms with E-state index in [0.29, 0.717) is 43.3 Å². The summed E-state index contributed by atoms with van der Waals surface area (Å²) < 4.78 is 7.39. The number of hydrogen-bond acceptors (Lipinski definition) is 6. The molecule has 1 aliphatic heterocycles. The third-order valence-corrected chi connectivity index (χ3v) is 6.95. The highest BCUT2D eigenvalue weighted by molar-refractivity contribution is 6.30. The number of nitrogens with two attached hydrogens (primary N) is 1. The second kappa shape index (κ2) is 13.3. The molecule has 4 rings (SSSR count). The Morgan fingerprint density at radius 3 is 2.51 bits per heavy atom. The van der Waals surface area contributed by atoms with Crippen molar-refractivity contribution in [3.8, 4) is 0 Å². The first-order chi connectivity index (χ1) is 18.6. The van der Waals surface area contributed by atoms with E-state index in [0.717, 1.165) is 22.3 Å². The summed E-state index contributed by atoms with van der Waals surface area (Å²) in [4.78, 5) is 21.0. The number of hydrogen-bond donors (Lipinski definition) is 2. The monoisotopic (exact) mass is 555 g/mol. The van der Waals surface area contributed by atoms with E-state index in [-0.39, 0.29) is 12.1 Å². The van der Waals surface area contributed by atoms with Crippen molar-refractivity contribution in [3.05, 3.63) is 82.6 Å². The van der Waals surface area contributed by atoms with Crippen LogP contribution in [0.3, 0.4) is 0 Å². The molecule has 9 heteroatoms. The van der Waals surface area contributed by atoms with E-state index in [1.54, 1.807) is 23.5 Å². The van der Waals surface area contributed by atoms with Gasteiger partial charge in [-0.1, -0.05) is 43.7 Å². The summed E-state index contributed by atoms with van der Waals surface area (Å²) >= 11 is 6.48. The highest BCUT2D eigenvalue weighted by atomic mass is 35.5. The van der Waals surface area contributed by atoms with Crippen LogP contribution < -0.4 is 5.73 Å². The predicted octanol–water partition coefficient (Wildman–Crippen LogP) is 5.61. The number of piperazine rings is 1. The lowest BCUT2D eigenvalue weighted by atomic mass is 9.91. The van der Waals surface area contributed by atoms with Gasteiger partial charge in [0.2, 0.25) is 0 Å². The van der Waals surface area contributed by atoms with Crippen LogP contribution in [0.15, 0.2) is 60.7 Å². The number of aliphatic hydroxyl groups excluding tert-OH is 1. The largest absolute Gasteiger partial charge is 0.444 e. The van der Waals surface area contributed by atoms with Crippen molar-refractivity contribution >= 4 is 23.3 Å². The maximum Gasteiger partial charge on any atom is 0.410 e. The van der Waals surface area contributed by atoms with Gasteiger partial charge in [-0.15, -0.1) is 0 Å². The summed E-state index contributed by atoms with van der Waals surface area (Å²) in [7, 11) is 1.86. The zero-order valence-corrected chi connectivity index (χ0v) is 24.7. The van der Waals surface area contributed by atoms with Gasteiger partial charge in [0.15, 0.2) is 0 Å². The number of fused-ring (bicyclic) bond motifs is 1. The molecule has 2 aliphatic rings. The average molecular weight is 556 g/mol. The zero-order valence-electron chi connectivity index (χ0n) is 23.9. The summed E-state index contributed by atoms with van der Waals surface area (Å²) in [5.74, 6) is 0. The standard InChI is InChI=1S/C28H36ClN5O3.C2H6/c1-28(2,3)37-27(36)34-12-10-33(11-13-34)24-15-19(6-5-9-30)14-23(22-16-20(29)7-8-21(22)24)26(35)25-17-31-18-32(25)4;1-2/h5-9,14,16-18,24,26,35H,10-13,15,30H2,1-4H3;1-2H3/b9-5-,19-6-;. The predicted molar refractivity (Wildman–Crippen MR) is 157 cm³/mol. The van der Waals surface area contributed by atoms with Gasteiger partial charge in [-0.05, 0) is 73.9 Å². The van der Waals surface area contributed by atoms with Crippen molar-refractivity contribution in [1.29, 1.82) is 0 Å². The number of imidazole rings is 1. The van der Waals surface area contributed by atoms with Crippen molar-refractivity contribution in [2.75, 3.05) is 26.2 Å². The molecule has 0 saturated carbocycles. The molecular weight excluding hydrogens is 514 g/mol. The molecule has 2 aromatic rings. The molecular formula is C30H42ClN5O3. The van der Waals surface area contributed by atoms with Gasteiger partial charge in [-0.25, -0.2) is 9.78 Å². The van der Waals surface area contributed by atoms with Gasteiger partial charge in [0, 0.05) is 44.3 Å². The molecule has 1 aliphatic carbocycles. The number of aromatic nitrogens is 2. The maximum atomic E-state index is 12.6. The average Bonchev–Trinajstić information content (AvgIpc) is 3.27. The molecule has 212 valence electrons. The van der Waals surface area contributed by atoms with Crippen molar-refractivity contribution in [3.63, 3.8) is 0 Å². The fourth-order valence-electron chi connectivity index (χ4n) is 4.92. The van der Waals surface area contributed by atoms with E-state index in [1.165, 1.54) is 6.20 Å². The van der Waals surface area contributed by atoms with E-state index in [1.807, 2.05) is 76.6 Å². The molecule has 3 N–H and O–H groups in total. The Morgan fingerprint density at radius 1 is 1.23 bits per heavy atom. The minimum Gasteiger partial charge on any atom is -0.444 e. The highest BCUT2D eigenvalue weighted by Gasteiger charge is 2.34. The number of rotatable bonds is 4. The molecule has 1 fully saturated rings. The van der Waals surface area contributed by atoms with E-state index in [2.05, 4.69) is 9.88 Å². The Morgan fingerprint density at radius 2 is 1.92 bits per heavy atom. The first kappa shape index (κ1) is 30.5. The van der Waals surface area contributed by atoms with Gasteiger partial charge < -0.3 is 25.0 Å². The second-order valence-corrected chi connectivity index (χ2v) is 10.9. The molecule has 39 heavy (non-hydrogen) atoms. The summed E-state index contributed by atoms with van der Waals surface area (Å²) in [6.45, 7) is 12.2. The number of nitrogens with zero attached hydrogens (tertiary/aromatic N) is 4. The normalized spacial score (nSPS) is 20.1. The van der Waals surface area contributed by atoms with Crippen LogP contribution in [-0.2, 0) is 11.8 Å². The Balaban J connectivity index is 0.00000205. The molecule has 1 saturated heterocycles. The van der Waals surface area contributed by atoms with Gasteiger partial charge in [0.25, 0.3) is 0 Å². The molecule has 0 radical (unpaired) electrons. The van der Waals surface area contributed by atoms with Gasteiger partial charge in [0.05, 0.1) is 18.2 Å². The number of allylic oxidation sites excluding steroid dienone is 3.